The number of methoxy groups -OCH3 is 1. The molecule has 0 unspecified atom stereocenters. The van der Waals surface area contributed by atoms with E-state index >= 15 is 0 Å². The SMILES string of the molecule is COc1cc(C(=O)NCc2cccnc2)ncn1. The molecule has 0 atom stereocenters. The minimum atomic E-state index is -0.278. The summed E-state index contributed by atoms with van der Waals surface area (Å²) in [5.41, 5.74) is 1.19. The number of hydrogen-bond donors (Lipinski definition) is 1. The van der Waals surface area contributed by atoms with Crippen LogP contribution in [0.1, 0.15) is 16.1 Å². The van der Waals surface area contributed by atoms with Gasteiger partial charge >= 0.3 is 0 Å². The van der Waals surface area contributed by atoms with Gasteiger partial charge in [-0.05, 0) is 11.6 Å². The molecule has 6 heteroatoms. The standard InChI is InChI=1S/C12H12N4O2/c1-18-11-5-10(15-8-16-11)12(17)14-7-9-3-2-4-13-6-9/h2-6,8H,7H2,1H3,(H,14,17). The molecule has 1 amide bonds. The molecule has 0 aliphatic carbocycles. The van der Waals surface area contributed by atoms with Crippen LogP contribution in [0.4, 0.5) is 0 Å². The van der Waals surface area contributed by atoms with Crippen molar-refractivity contribution in [2.45, 2.75) is 6.54 Å². The summed E-state index contributed by atoms with van der Waals surface area (Å²) >= 11 is 0. The predicted molar refractivity (Wildman–Crippen MR) is 64.0 cm³/mol. The first-order valence-electron chi connectivity index (χ1n) is 5.32. The maximum Gasteiger partial charge on any atom is 0.270 e. The number of nitrogens with one attached hydrogen (secondary N) is 1. The smallest absolute Gasteiger partial charge is 0.270 e. The molecule has 92 valence electrons. The number of amides is 1. The first-order valence-corrected chi connectivity index (χ1v) is 5.32. The van der Waals surface area contributed by atoms with Crippen molar-refractivity contribution in [2.24, 2.45) is 0 Å². The number of nitrogens with zero attached hydrogens (tertiary/aromatic N) is 3. The van der Waals surface area contributed by atoms with Crippen molar-refractivity contribution >= 4 is 5.91 Å². The lowest BCUT2D eigenvalue weighted by atomic mass is 10.3. The summed E-state index contributed by atoms with van der Waals surface area (Å²) < 4.78 is 4.93. The lowest BCUT2D eigenvalue weighted by molar-refractivity contribution is 0.0945. The number of aromatic nitrogens is 3. The highest BCUT2D eigenvalue weighted by Gasteiger charge is 2.08. The molecule has 2 heterocycles. The van der Waals surface area contributed by atoms with Gasteiger partial charge in [0, 0.05) is 25.0 Å². The summed E-state index contributed by atoms with van der Waals surface area (Å²) in [5.74, 6) is 0.0797. The molecule has 0 spiro atoms. The third-order valence-corrected chi connectivity index (χ3v) is 2.26. The Balaban J connectivity index is 1.99. The predicted octanol–water partition coefficient (Wildman–Crippen LogP) is 0.810. The average Bonchev–Trinajstić information content (AvgIpc) is 2.46. The molecule has 0 aliphatic rings. The Morgan fingerprint density at radius 3 is 3.06 bits per heavy atom. The second kappa shape index (κ2) is 5.72. The zero-order chi connectivity index (χ0) is 12.8. The fraction of sp³-hybridized carbons (Fsp3) is 0.167. The fourth-order valence-electron chi connectivity index (χ4n) is 1.35. The number of rotatable bonds is 4. The summed E-state index contributed by atoms with van der Waals surface area (Å²) in [6.07, 6.45) is 4.67. The normalized spacial score (nSPS) is 9.83. The molecule has 2 aromatic rings. The third-order valence-electron chi connectivity index (χ3n) is 2.26. The fourth-order valence-corrected chi connectivity index (χ4v) is 1.35. The van der Waals surface area contributed by atoms with Crippen LogP contribution in [0, 0.1) is 0 Å². The van der Waals surface area contributed by atoms with E-state index < -0.39 is 0 Å². The number of hydrogen-bond acceptors (Lipinski definition) is 5. The summed E-state index contributed by atoms with van der Waals surface area (Å²) in [6, 6.07) is 5.18. The summed E-state index contributed by atoms with van der Waals surface area (Å²) in [5, 5.41) is 2.74. The van der Waals surface area contributed by atoms with Crippen molar-refractivity contribution in [2.75, 3.05) is 7.11 Å². The Labute approximate surface area is 104 Å². The lowest BCUT2D eigenvalue weighted by Gasteiger charge is -2.05. The van der Waals surface area contributed by atoms with E-state index in [2.05, 4.69) is 20.3 Å². The van der Waals surface area contributed by atoms with Crippen molar-refractivity contribution < 1.29 is 9.53 Å². The van der Waals surface area contributed by atoms with Crippen molar-refractivity contribution in [3.8, 4) is 5.88 Å². The largest absolute Gasteiger partial charge is 0.481 e. The van der Waals surface area contributed by atoms with Gasteiger partial charge in [0.1, 0.15) is 12.0 Å². The maximum atomic E-state index is 11.8. The zero-order valence-corrected chi connectivity index (χ0v) is 9.83. The second-order valence-corrected chi connectivity index (χ2v) is 3.49. The average molecular weight is 244 g/mol. The van der Waals surface area contributed by atoms with Crippen LogP contribution in [-0.2, 0) is 6.54 Å². The van der Waals surface area contributed by atoms with Crippen LogP contribution < -0.4 is 10.1 Å². The van der Waals surface area contributed by atoms with Crippen LogP contribution in [0.2, 0.25) is 0 Å². The molecule has 0 radical (unpaired) electrons. The highest BCUT2D eigenvalue weighted by Crippen LogP contribution is 2.05. The Bertz CT molecular complexity index is 531. The molecule has 18 heavy (non-hydrogen) atoms. The van der Waals surface area contributed by atoms with E-state index in [9.17, 15) is 4.79 Å². The molecule has 0 saturated carbocycles. The van der Waals surface area contributed by atoms with Crippen molar-refractivity contribution in [1.29, 1.82) is 0 Å². The Morgan fingerprint density at radius 1 is 1.44 bits per heavy atom. The van der Waals surface area contributed by atoms with Crippen LogP contribution in [0.15, 0.2) is 36.9 Å². The number of pyridine rings is 1. The number of carbonyl (C=O) groups is 1. The minimum absolute atomic E-state index is 0.269. The van der Waals surface area contributed by atoms with Gasteiger partial charge in [-0.2, -0.15) is 0 Å². The van der Waals surface area contributed by atoms with Gasteiger partial charge in [0.25, 0.3) is 5.91 Å². The number of ether oxygens (including phenoxy) is 1. The van der Waals surface area contributed by atoms with Gasteiger partial charge in [-0.1, -0.05) is 6.07 Å². The Kier molecular flexibility index (Phi) is 3.80. The monoisotopic (exact) mass is 244 g/mol. The van der Waals surface area contributed by atoms with Gasteiger partial charge in [0.05, 0.1) is 7.11 Å². The van der Waals surface area contributed by atoms with Crippen LogP contribution in [0.5, 0.6) is 5.88 Å². The van der Waals surface area contributed by atoms with Crippen molar-refractivity contribution in [3.05, 3.63) is 48.2 Å². The van der Waals surface area contributed by atoms with E-state index in [0.717, 1.165) is 5.56 Å². The van der Waals surface area contributed by atoms with E-state index in [1.165, 1.54) is 19.5 Å². The molecule has 2 aromatic heterocycles. The first-order chi connectivity index (χ1) is 8.79. The van der Waals surface area contributed by atoms with Crippen LogP contribution >= 0.6 is 0 Å². The minimum Gasteiger partial charge on any atom is -0.481 e. The van der Waals surface area contributed by atoms with Gasteiger partial charge in [0.15, 0.2) is 0 Å². The van der Waals surface area contributed by atoms with Crippen LogP contribution in [0.25, 0.3) is 0 Å². The number of carbonyl (C=O) groups excluding carboxylic acids is 1. The second-order valence-electron chi connectivity index (χ2n) is 3.49. The lowest BCUT2D eigenvalue weighted by Crippen LogP contribution is -2.23. The molecule has 0 aromatic carbocycles. The van der Waals surface area contributed by atoms with E-state index in [1.807, 2.05) is 12.1 Å². The van der Waals surface area contributed by atoms with Gasteiger partial charge in [-0.3, -0.25) is 9.78 Å². The van der Waals surface area contributed by atoms with Gasteiger partial charge in [-0.25, -0.2) is 9.97 Å². The van der Waals surface area contributed by atoms with Gasteiger partial charge < -0.3 is 10.1 Å². The summed E-state index contributed by atoms with van der Waals surface area (Å²) in [7, 11) is 1.49. The van der Waals surface area contributed by atoms with Gasteiger partial charge in [0.2, 0.25) is 5.88 Å². The topological polar surface area (TPSA) is 77.0 Å². The quantitative estimate of drug-likeness (QED) is 0.861. The molecule has 6 nitrogen and oxygen atoms in total. The molecule has 1 N–H and O–H groups in total. The van der Waals surface area contributed by atoms with Crippen molar-refractivity contribution in [1.82, 2.24) is 20.3 Å². The van der Waals surface area contributed by atoms with Crippen LogP contribution in [0.3, 0.4) is 0 Å². The highest BCUT2D eigenvalue weighted by molar-refractivity contribution is 5.92. The van der Waals surface area contributed by atoms with Gasteiger partial charge in [-0.15, -0.1) is 0 Å². The van der Waals surface area contributed by atoms with Crippen LogP contribution in [-0.4, -0.2) is 28.0 Å². The molecule has 0 aliphatic heterocycles. The van der Waals surface area contributed by atoms with E-state index in [4.69, 9.17) is 4.74 Å². The van der Waals surface area contributed by atoms with Crippen molar-refractivity contribution in [3.63, 3.8) is 0 Å². The molecule has 0 fully saturated rings. The maximum absolute atomic E-state index is 11.8. The molecular weight excluding hydrogens is 232 g/mol. The molecule has 0 bridgehead atoms. The highest BCUT2D eigenvalue weighted by atomic mass is 16.5. The summed E-state index contributed by atoms with van der Waals surface area (Å²) in [6.45, 7) is 0.402. The molecule has 2 rings (SSSR count). The summed E-state index contributed by atoms with van der Waals surface area (Å²) in [4.78, 5) is 23.5. The Hall–Kier alpha value is -2.50. The Morgan fingerprint density at radius 2 is 2.33 bits per heavy atom. The zero-order valence-electron chi connectivity index (χ0n) is 9.83. The van der Waals surface area contributed by atoms with E-state index in [0.29, 0.717) is 12.4 Å². The molecular formula is C12H12N4O2. The van der Waals surface area contributed by atoms with E-state index in [1.54, 1.807) is 12.4 Å². The third kappa shape index (κ3) is 3.00. The molecule has 0 saturated heterocycles. The van der Waals surface area contributed by atoms with E-state index in [-0.39, 0.29) is 11.6 Å². The first kappa shape index (κ1) is 12.0.